The molecule has 1 atom stereocenters. The van der Waals surface area contributed by atoms with Gasteiger partial charge in [0.2, 0.25) is 17.8 Å². The molecule has 1 aliphatic carbocycles. The van der Waals surface area contributed by atoms with Crippen molar-refractivity contribution < 1.29 is 14.4 Å². The molecule has 14 heteroatoms. The van der Waals surface area contributed by atoms with Crippen molar-refractivity contribution in [2.24, 2.45) is 0 Å². The normalized spacial score (nSPS) is 19.2. The van der Waals surface area contributed by atoms with Crippen LogP contribution in [0.1, 0.15) is 72.1 Å². The number of anilines is 5. The first-order valence-electron chi connectivity index (χ1n) is 21.6. The van der Waals surface area contributed by atoms with Gasteiger partial charge in [-0.3, -0.25) is 24.6 Å². The van der Waals surface area contributed by atoms with Crippen molar-refractivity contribution in [1.29, 1.82) is 0 Å². The molecule has 2 N–H and O–H groups in total. The van der Waals surface area contributed by atoms with Crippen LogP contribution in [0, 0.1) is 0 Å². The molecule has 3 aliphatic heterocycles. The lowest BCUT2D eigenvalue weighted by Gasteiger charge is -2.39. The number of rotatable bonds is 11. The first-order valence-corrected chi connectivity index (χ1v) is 21.6. The Morgan fingerprint density at radius 2 is 1.47 bits per heavy atom. The molecule has 0 radical (unpaired) electrons. The number of amides is 3. The second kappa shape index (κ2) is 17.3. The predicted molar refractivity (Wildman–Crippen MR) is 235 cm³/mol. The number of carbonyl (C=O) groups excluding carboxylic acids is 3. The lowest BCUT2D eigenvalue weighted by molar-refractivity contribution is -0.134. The molecule has 1 saturated carbocycles. The third kappa shape index (κ3) is 8.51. The smallest absolute Gasteiger partial charge is 0.270 e. The molecule has 6 heterocycles. The van der Waals surface area contributed by atoms with E-state index >= 15 is 0 Å². The molecule has 14 nitrogen and oxygen atoms in total. The minimum absolute atomic E-state index is 0.0189. The maximum Gasteiger partial charge on any atom is 0.270 e. The van der Waals surface area contributed by atoms with Gasteiger partial charge in [0, 0.05) is 108 Å². The quantitative estimate of drug-likeness (QED) is 0.162. The Morgan fingerprint density at radius 3 is 2.12 bits per heavy atom. The van der Waals surface area contributed by atoms with Gasteiger partial charge in [0.15, 0.2) is 0 Å². The summed E-state index contributed by atoms with van der Waals surface area (Å²) in [6.45, 7) is 8.72. The minimum atomic E-state index is -0.234. The topological polar surface area (TPSA) is 135 Å². The van der Waals surface area contributed by atoms with Gasteiger partial charge in [-0.1, -0.05) is 43.2 Å². The highest BCUT2D eigenvalue weighted by molar-refractivity contribution is 6.01. The number of hydrogen-bond donors (Lipinski definition) is 2. The number of piperidine rings is 1. The molecule has 1 unspecified atom stereocenters. The zero-order chi connectivity index (χ0) is 41.2. The molecule has 3 amide bonds. The van der Waals surface area contributed by atoms with Gasteiger partial charge in [0.1, 0.15) is 17.2 Å². The fourth-order valence-electron chi connectivity index (χ4n) is 9.31. The van der Waals surface area contributed by atoms with E-state index < -0.39 is 0 Å². The van der Waals surface area contributed by atoms with Crippen LogP contribution in [0.2, 0.25) is 0 Å². The predicted octanol–water partition coefficient (Wildman–Crippen LogP) is 5.60. The van der Waals surface area contributed by atoms with Crippen molar-refractivity contribution >= 4 is 57.6 Å². The molecule has 0 bridgehead atoms. The largest absolute Gasteiger partial charge is 0.369 e. The summed E-state index contributed by atoms with van der Waals surface area (Å²) in [5, 5.41) is 6.64. The van der Waals surface area contributed by atoms with Gasteiger partial charge in [-0.25, -0.2) is 9.97 Å². The zero-order valence-corrected chi connectivity index (χ0v) is 34.7. The average Bonchev–Trinajstić information content (AvgIpc) is 3.95. The summed E-state index contributed by atoms with van der Waals surface area (Å²) in [7, 11) is 3.58. The molecule has 2 aromatic carbocycles. The van der Waals surface area contributed by atoms with Gasteiger partial charge in [-0.15, -0.1) is 0 Å². The van der Waals surface area contributed by atoms with Gasteiger partial charge in [0.25, 0.3) is 5.91 Å². The molecule has 3 aromatic heterocycles. The van der Waals surface area contributed by atoms with E-state index in [1.54, 1.807) is 25.2 Å². The van der Waals surface area contributed by atoms with Crippen molar-refractivity contribution in [3.63, 3.8) is 0 Å². The van der Waals surface area contributed by atoms with Crippen LogP contribution in [0.4, 0.5) is 28.8 Å². The lowest BCUT2D eigenvalue weighted by atomic mass is 9.90. The maximum atomic E-state index is 13.1. The fraction of sp³-hybridized carbons (Fsp3) is 0.435. The second-order valence-electron chi connectivity index (χ2n) is 16.9. The SMILES string of the molecule is CN(C)C(=O)c1cc2cnc(Nc3ccc(N4CCN(c5cccc(N6CCN(CCc7ccc(C8CCC(=O)NC8=O)cc7)CC6)c5)CC4)cn3)nc2n1C1CCCC1. The third-order valence-corrected chi connectivity index (χ3v) is 12.8. The van der Waals surface area contributed by atoms with Crippen LogP contribution in [-0.4, -0.2) is 120 Å². The van der Waals surface area contributed by atoms with E-state index in [2.05, 4.69) is 94.4 Å². The number of nitrogens with one attached hydrogen (secondary N) is 2. The van der Waals surface area contributed by atoms with Crippen LogP contribution in [0.5, 0.6) is 0 Å². The van der Waals surface area contributed by atoms with Gasteiger partial charge >= 0.3 is 0 Å². The number of benzene rings is 2. The minimum Gasteiger partial charge on any atom is -0.369 e. The van der Waals surface area contributed by atoms with Crippen LogP contribution in [0.15, 0.2) is 79.1 Å². The Balaban J connectivity index is 0.752. The molecule has 5 aromatic rings. The number of fused-ring (bicyclic) bond motifs is 1. The number of nitrogens with zero attached hydrogens (tertiary/aromatic N) is 9. The number of aromatic nitrogens is 4. The Labute approximate surface area is 351 Å². The third-order valence-electron chi connectivity index (χ3n) is 12.8. The molecular weight excluding hydrogens is 755 g/mol. The Hall–Kier alpha value is -6.02. The average molecular weight is 810 g/mol. The summed E-state index contributed by atoms with van der Waals surface area (Å²) in [6.07, 6.45) is 10.1. The van der Waals surface area contributed by atoms with Crippen LogP contribution in [-0.2, 0) is 16.0 Å². The van der Waals surface area contributed by atoms with Crippen LogP contribution in [0.3, 0.4) is 0 Å². The van der Waals surface area contributed by atoms with E-state index in [0.717, 1.165) is 113 Å². The van der Waals surface area contributed by atoms with Crippen molar-refractivity contribution in [3.8, 4) is 0 Å². The highest BCUT2D eigenvalue weighted by Gasteiger charge is 2.29. The number of piperazine rings is 2. The number of imide groups is 1. The van der Waals surface area contributed by atoms with E-state index in [4.69, 9.17) is 9.97 Å². The van der Waals surface area contributed by atoms with Crippen LogP contribution >= 0.6 is 0 Å². The zero-order valence-electron chi connectivity index (χ0n) is 34.7. The van der Waals surface area contributed by atoms with Gasteiger partial charge in [-0.2, -0.15) is 4.98 Å². The van der Waals surface area contributed by atoms with Crippen molar-refractivity contribution in [2.75, 3.05) is 93.0 Å². The van der Waals surface area contributed by atoms with Crippen molar-refractivity contribution in [1.82, 2.24) is 34.6 Å². The van der Waals surface area contributed by atoms with Crippen molar-refractivity contribution in [3.05, 3.63) is 95.9 Å². The molecule has 4 fully saturated rings. The fourth-order valence-corrected chi connectivity index (χ4v) is 9.31. The Morgan fingerprint density at radius 1 is 0.783 bits per heavy atom. The number of carbonyl (C=O) groups is 3. The van der Waals surface area contributed by atoms with Gasteiger partial charge in [-0.05, 0) is 73.2 Å². The summed E-state index contributed by atoms with van der Waals surface area (Å²) in [4.78, 5) is 62.7. The first kappa shape index (κ1) is 39.4. The lowest BCUT2D eigenvalue weighted by Crippen LogP contribution is -2.47. The van der Waals surface area contributed by atoms with E-state index in [1.807, 2.05) is 18.3 Å². The molecule has 312 valence electrons. The van der Waals surface area contributed by atoms with E-state index in [1.165, 1.54) is 16.9 Å². The number of hydrogen-bond acceptors (Lipinski definition) is 11. The highest BCUT2D eigenvalue weighted by atomic mass is 16.2. The molecule has 4 aliphatic rings. The standard InChI is InChI=1S/C46H55N11O3/c1-52(2)45(60)40-28-34-30-48-46(51-43(34)57(40)35-6-3-4-7-35)49-41-16-14-38(31-47-41)56-26-24-55(25-27-56)37-9-5-8-36(29-37)54-22-20-53(21-23-54)19-18-32-10-12-33(13-11-32)39-15-17-42(58)50-44(39)59/h5,8-14,16,28-31,35,39H,3-4,6-7,15,17-27H2,1-2H3,(H,50,58,59)(H,47,48,49,51). The summed E-state index contributed by atoms with van der Waals surface area (Å²) >= 11 is 0. The second-order valence-corrected chi connectivity index (χ2v) is 16.9. The molecule has 60 heavy (non-hydrogen) atoms. The Kier molecular flexibility index (Phi) is 11.4. The molecular formula is C46H55N11O3. The summed E-state index contributed by atoms with van der Waals surface area (Å²) in [5.74, 6) is 0.533. The van der Waals surface area contributed by atoms with Crippen molar-refractivity contribution in [2.45, 2.75) is 56.9 Å². The van der Waals surface area contributed by atoms with Crippen LogP contribution in [0.25, 0.3) is 11.0 Å². The molecule has 9 rings (SSSR count). The maximum absolute atomic E-state index is 13.1. The summed E-state index contributed by atoms with van der Waals surface area (Å²) < 4.78 is 2.13. The van der Waals surface area contributed by atoms with E-state index in [-0.39, 0.29) is 29.7 Å². The monoisotopic (exact) mass is 809 g/mol. The summed E-state index contributed by atoms with van der Waals surface area (Å²) in [5.41, 5.74) is 7.35. The van der Waals surface area contributed by atoms with Gasteiger partial charge in [0.05, 0.1) is 17.8 Å². The number of pyridine rings is 1. The molecule has 3 saturated heterocycles. The van der Waals surface area contributed by atoms with E-state index in [9.17, 15) is 14.4 Å². The van der Waals surface area contributed by atoms with Crippen LogP contribution < -0.4 is 25.3 Å². The summed E-state index contributed by atoms with van der Waals surface area (Å²) in [6, 6.07) is 23.6. The van der Waals surface area contributed by atoms with E-state index in [0.29, 0.717) is 30.3 Å². The van der Waals surface area contributed by atoms with Gasteiger partial charge < -0.3 is 29.5 Å². The molecule has 0 spiro atoms. The Bertz CT molecular complexity index is 2320. The highest BCUT2D eigenvalue weighted by Crippen LogP contribution is 2.35. The first-order chi connectivity index (χ1) is 29.3.